The average molecular weight is 284 g/mol. The summed E-state index contributed by atoms with van der Waals surface area (Å²) in [6.07, 6.45) is 11.7. The molecule has 1 amide bonds. The fourth-order valence-corrected chi connectivity index (χ4v) is 5.64. The average Bonchev–Trinajstić information content (AvgIpc) is 2.46. The van der Waals surface area contributed by atoms with Gasteiger partial charge in [0.15, 0.2) is 0 Å². The van der Waals surface area contributed by atoms with Crippen LogP contribution in [-0.4, -0.2) is 16.9 Å². The van der Waals surface area contributed by atoms with E-state index in [2.05, 4.69) is 17.2 Å². The van der Waals surface area contributed by atoms with Crippen molar-refractivity contribution in [1.29, 1.82) is 0 Å². The molecule has 0 aromatic carbocycles. The van der Waals surface area contributed by atoms with E-state index in [4.69, 9.17) is 0 Å². The molecule has 4 saturated carbocycles. The van der Waals surface area contributed by atoms with E-state index in [9.17, 15) is 4.79 Å². The Balaban J connectivity index is 1.50. The maximum atomic E-state index is 12.4. The fourth-order valence-electron chi connectivity index (χ4n) is 5.64. The number of carbonyl (C=O) groups is 1. The molecular formula is C18H24N2O. The highest BCUT2D eigenvalue weighted by molar-refractivity contribution is 5.94. The predicted octanol–water partition coefficient (Wildman–Crippen LogP) is 3.42. The molecule has 4 aliphatic carbocycles. The van der Waals surface area contributed by atoms with Gasteiger partial charge < -0.3 is 5.32 Å². The monoisotopic (exact) mass is 284 g/mol. The maximum absolute atomic E-state index is 12.4. The summed E-state index contributed by atoms with van der Waals surface area (Å²) in [5, 5.41) is 3.27. The molecule has 0 radical (unpaired) electrons. The van der Waals surface area contributed by atoms with Crippen LogP contribution in [0, 0.1) is 23.2 Å². The number of hydrogen-bond acceptors (Lipinski definition) is 2. The topological polar surface area (TPSA) is 42.0 Å². The molecule has 0 saturated heterocycles. The van der Waals surface area contributed by atoms with E-state index in [1.807, 2.05) is 12.1 Å². The van der Waals surface area contributed by atoms with Crippen LogP contribution < -0.4 is 5.32 Å². The van der Waals surface area contributed by atoms with Gasteiger partial charge in [-0.1, -0.05) is 0 Å². The van der Waals surface area contributed by atoms with Crippen molar-refractivity contribution in [1.82, 2.24) is 10.3 Å². The largest absolute Gasteiger partial charge is 0.349 e. The summed E-state index contributed by atoms with van der Waals surface area (Å²) in [6.45, 7) is 2.22. The van der Waals surface area contributed by atoms with E-state index < -0.39 is 0 Å². The molecule has 4 fully saturated rings. The van der Waals surface area contributed by atoms with Gasteiger partial charge in [-0.2, -0.15) is 0 Å². The summed E-state index contributed by atoms with van der Waals surface area (Å²) in [4.78, 5) is 16.4. The Bertz CT molecular complexity index is 504. The van der Waals surface area contributed by atoms with Crippen LogP contribution in [0.2, 0.25) is 0 Å². The molecule has 0 unspecified atom stereocenters. The summed E-state index contributed by atoms with van der Waals surface area (Å²) in [7, 11) is 0. The third-order valence-corrected chi connectivity index (χ3v) is 6.28. The van der Waals surface area contributed by atoms with Crippen molar-refractivity contribution in [3.05, 3.63) is 30.1 Å². The van der Waals surface area contributed by atoms with Gasteiger partial charge in [0.25, 0.3) is 5.91 Å². The first-order chi connectivity index (χ1) is 10.1. The summed E-state index contributed by atoms with van der Waals surface area (Å²) in [6, 6.07) is 3.94. The van der Waals surface area contributed by atoms with Gasteiger partial charge in [0.05, 0.1) is 5.56 Å². The lowest BCUT2D eigenvalue weighted by Gasteiger charge is -2.59. The Hall–Kier alpha value is -1.38. The molecule has 3 heteroatoms. The molecule has 112 valence electrons. The zero-order valence-corrected chi connectivity index (χ0v) is 12.7. The van der Waals surface area contributed by atoms with Crippen molar-refractivity contribution >= 4 is 5.91 Å². The van der Waals surface area contributed by atoms with Gasteiger partial charge in [-0.05, 0) is 80.8 Å². The van der Waals surface area contributed by atoms with Crippen molar-refractivity contribution in [3.63, 3.8) is 0 Å². The maximum Gasteiger partial charge on any atom is 0.253 e. The van der Waals surface area contributed by atoms with Crippen LogP contribution in [0.25, 0.3) is 0 Å². The molecule has 3 nitrogen and oxygen atoms in total. The van der Waals surface area contributed by atoms with Crippen LogP contribution in [0.15, 0.2) is 24.5 Å². The Kier molecular flexibility index (Phi) is 3.05. The zero-order chi connectivity index (χ0) is 14.4. The van der Waals surface area contributed by atoms with E-state index in [0.717, 1.165) is 17.8 Å². The number of pyridine rings is 1. The van der Waals surface area contributed by atoms with Crippen LogP contribution in [0.3, 0.4) is 0 Å². The number of amides is 1. The molecular weight excluding hydrogens is 260 g/mol. The normalized spacial score (nSPS) is 38.2. The van der Waals surface area contributed by atoms with Crippen LogP contribution in [0.4, 0.5) is 0 Å². The van der Waals surface area contributed by atoms with Crippen LogP contribution in [-0.2, 0) is 0 Å². The second-order valence-electron chi connectivity index (χ2n) is 7.72. The molecule has 4 bridgehead atoms. The van der Waals surface area contributed by atoms with Crippen molar-refractivity contribution in [3.8, 4) is 0 Å². The number of carbonyl (C=O) groups excluding carboxylic acids is 1. The molecule has 0 spiro atoms. The number of rotatable bonds is 3. The molecule has 0 aliphatic heterocycles. The molecule has 1 N–H and O–H groups in total. The Morgan fingerprint density at radius 2 is 1.86 bits per heavy atom. The van der Waals surface area contributed by atoms with E-state index in [0.29, 0.717) is 11.0 Å². The van der Waals surface area contributed by atoms with Crippen molar-refractivity contribution < 1.29 is 4.79 Å². The van der Waals surface area contributed by atoms with Crippen LogP contribution in [0.5, 0.6) is 0 Å². The van der Waals surface area contributed by atoms with E-state index >= 15 is 0 Å². The lowest BCUT2D eigenvalue weighted by atomic mass is 9.48. The Labute approximate surface area is 126 Å². The molecule has 1 heterocycles. The zero-order valence-electron chi connectivity index (χ0n) is 12.7. The lowest BCUT2D eigenvalue weighted by Crippen LogP contribution is -2.55. The van der Waals surface area contributed by atoms with Crippen molar-refractivity contribution in [2.45, 2.75) is 51.5 Å². The minimum atomic E-state index is 0.0337. The summed E-state index contributed by atoms with van der Waals surface area (Å²) in [5.41, 5.74) is 1.04. The highest BCUT2D eigenvalue weighted by atomic mass is 16.1. The number of hydrogen-bond donors (Lipinski definition) is 1. The second-order valence-corrected chi connectivity index (χ2v) is 7.72. The molecule has 21 heavy (non-hydrogen) atoms. The number of aromatic nitrogens is 1. The lowest BCUT2D eigenvalue weighted by molar-refractivity contribution is -0.0688. The summed E-state index contributed by atoms with van der Waals surface area (Å²) >= 11 is 0. The van der Waals surface area contributed by atoms with E-state index in [1.165, 1.54) is 38.5 Å². The Morgan fingerprint density at radius 3 is 2.38 bits per heavy atom. The standard InChI is InChI=1S/C18H24N2O/c1-12(20-17(21)16-3-2-4-19-11-16)18-8-13-5-14(9-18)7-15(6-13)10-18/h2-4,11-15H,5-10H2,1H3,(H,20,21)/t12-,13?,14?,15?,18?/m1/s1. The fraction of sp³-hybridized carbons (Fsp3) is 0.667. The highest BCUT2D eigenvalue weighted by Crippen LogP contribution is 2.61. The Morgan fingerprint density at radius 1 is 1.24 bits per heavy atom. The van der Waals surface area contributed by atoms with Crippen LogP contribution in [0.1, 0.15) is 55.8 Å². The van der Waals surface area contributed by atoms with Gasteiger partial charge >= 0.3 is 0 Å². The van der Waals surface area contributed by atoms with Crippen LogP contribution >= 0.6 is 0 Å². The van der Waals surface area contributed by atoms with Gasteiger partial charge in [-0.3, -0.25) is 9.78 Å². The SMILES string of the molecule is C[C@@H](NC(=O)c1cccnc1)C12CC3CC(CC(C3)C1)C2. The summed E-state index contributed by atoms with van der Waals surface area (Å²) < 4.78 is 0. The molecule has 5 rings (SSSR count). The number of nitrogens with zero attached hydrogens (tertiary/aromatic N) is 1. The highest BCUT2D eigenvalue weighted by Gasteiger charge is 2.53. The third kappa shape index (κ3) is 2.27. The molecule has 1 atom stereocenters. The first-order valence-electron chi connectivity index (χ1n) is 8.35. The van der Waals surface area contributed by atoms with Crippen molar-refractivity contribution in [2.75, 3.05) is 0 Å². The molecule has 1 aromatic heterocycles. The molecule has 4 aliphatic rings. The first kappa shape index (κ1) is 13.3. The van der Waals surface area contributed by atoms with Gasteiger partial charge in [0.1, 0.15) is 0 Å². The first-order valence-corrected chi connectivity index (χ1v) is 8.35. The minimum Gasteiger partial charge on any atom is -0.349 e. The summed E-state index contributed by atoms with van der Waals surface area (Å²) in [5.74, 6) is 2.81. The van der Waals surface area contributed by atoms with Gasteiger partial charge in [0, 0.05) is 18.4 Å². The van der Waals surface area contributed by atoms with E-state index in [1.54, 1.807) is 12.4 Å². The predicted molar refractivity (Wildman–Crippen MR) is 81.8 cm³/mol. The quantitative estimate of drug-likeness (QED) is 0.924. The molecule has 1 aromatic rings. The van der Waals surface area contributed by atoms with Gasteiger partial charge in [-0.25, -0.2) is 0 Å². The van der Waals surface area contributed by atoms with Crippen molar-refractivity contribution in [2.24, 2.45) is 23.2 Å². The second kappa shape index (κ2) is 4.82. The van der Waals surface area contributed by atoms with Gasteiger partial charge in [-0.15, -0.1) is 0 Å². The van der Waals surface area contributed by atoms with Gasteiger partial charge in [0.2, 0.25) is 0 Å². The number of nitrogens with one attached hydrogen (secondary N) is 1. The smallest absolute Gasteiger partial charge is 0.253 e. The third-order valence-electron chi connectivity index (χ3n) is 6.28. The van der Waals surface area contributed by atoms with E-state index in [-0.39, 0.29) is 11.9 Å². The minimum absolute atomic E-state index is 0.0337.